The van der Waals surface area contributed by atoms with Crippen LogP contribution < -0.4 is 5.56 Å². The molecular weight excluding hydrogens is 395 g/mol. The zero-order valence-corrected chi connectivity index (χ0v) is 16.4. The van der Waals surface area contributed by atoms with E-state index in [-0.39, 0.29) is 17.9 Å². The number of nitrogens with zero attached hydrogens (tertiary/aromatic N) is 2. The molecule has 3 rings (SSSR count). The first-order valence-corrected chi connectivity index (χ1v) is 9.40. The van der Waals surface area contributed by atoms with Gasteiger partial charge in [-0.2, -0.15) is 0 Å². The predicted molar refractivity (Wildman–Crippen MR) is 106 cm³/mol. The topological polar surface area (TPSA) is 34.9 Å². The van der Waals surface area contributed by atoms with E-state index in [1.54, 1.807) is 23.6 Å². The van der Waals surface area contributed by atoms with Crippen molar-refractivity contribution in [2.45, 2.75) is 33.2 Å². The van der Waals surface area contributed by atoms with E-state index in [2.05, 4.69) is 20.9 Å². The second-order valence-electron chi connectivity index (χ2n) is 6.21. The lowest BCUT2D eigenvalue weighted by atomic mass is 10.0. The molecule has 0 bridgehead atoms. The minimum absolute atomic E-state index is 0.159. The fourth-order valence-electron chi connectivity index (χ4n) is 2.98. The Labute approximate surface area is 160 Å². The molecule has 5 heteroatoms. The van der Waals surface area contributed by atoms with Gasteiger partial charge in [-0.25, -0.2) is 9.37 Å². The fraction of sp³-hybridized carbons (Fsp3) is 0.238. The Morgan fingerprint density at radius 2 is 1.85 bits per heavy atom. The maximum Gasteiger partial charge on any atom is 0.268 e. The summed E-state index contributed by atoms with van der Waals surface area (Å²) in [5.74, 6) is 0.382. The van der Waals surface area contributed by atoms with Crippen LogP contribution in [0.3, 0.4) is 0 Å². The zero-order chi connectivity index (χ0) is 18.7. The van der Waals surface area contributed by atoms with E-state index in [1.807, 2.05) is 43.3 Å². The van der Waals surface area contributed by atoms with Gasteiger partial charge in [-0.3, -0.25) is 9.36 Å². The number of hydrogen-bond donors (Lipinski definition) is 0. The summed E-state index contributed by atoms with van der Waals surface area (Å²) in [6.45, 7) is 3.99. The lowest BCUT2D eigenvalue weighted by Crippen LogP contribution is -2.27. The average molecular weight is 415 g/mol. The van der Waals surface area contributed by atoms with Crippen LogP contribution >= 0.6 is 15.9 Å². The monoisotopic (exact) mass is 414 g/mol. The third kappa shape index (κ3) is 3.63. The van der Waals surface area contributed by atoms with Gasteiger partial charge in [0.1, 0.15) is 16.1 Å². The number of aromatic nitrogens is 2. The van der Waals surface area contributed by atoms with Gasteiger partial charge in [-0.15, -0.1) is 0 Å². The maximum absolute atomic E-state index is 15.1. The van der Waals surface area contributed by atoms with Crippen LogP contribution in [0.25, 0.3) is 11.1 Å². The normalized spacial score (nSPS) is 10.9. The molecule has 0 fully saturated rings. The summed E-state index contributed by atoms with van der Waals surface area (Å²) in [5.41, 5.74) is 2.31. The van der Waals surface area contributed by atoms with Gasteiger partial charge in [0, 0.05) is 17.5 Å². The van der Waals surface area contributed by atoms with Gasteiger partial charge < -0.3 is 0 Å². The van der Waals surface area contributed by atoms with Gasteiger partial charge in [0.15, 0.2) is 0 Å². The van der Waals surface area contributed by atoms with E-state index < -0.39 is 0 Å². The van der Waals surface area contributed by atoms with E-state index in [0.717, 1.165) is 12.0 Å². The smallest absolute Gasteiger partial charge is 0.268 e. The Morgan fingerprint density at radius 3 is 2.54 bits per heavy atom. The third-order valence-corrected chi connectivity index (χ3v) is 5.24. The van der Waals surface area contributed by atoms with Gasteiger partial charge in [0.2, 0.25) is 0 Å². The van der Waals surface area contributed by atoms with E-state index in [0.29, 0.717) is 33.5 Å². The van der Waals surface area contributed by atoms with Crippen LogP contribution in [-0.4, -0.2) is 9.55 Å². The number of rotatable bonds is 5. The first-order valence-electron chi connectivity index (χ1n) is 8.61. The van der Waals surface area contributed by atoms with E-state index in [9.17, 15) is 4.79 Å². The van der Waals surface area contributed by atoms with Gasteiger partial charge in [0.05, 0.1) is 12.2 Å². The van der Waals surface area contributed by atoms with Gasteiger partial charge in [-0.05, 0) is 34.8 Å². The van der Waals surface area contributed by atoms with Crippen LogP contribution in [-0.2, 0) is 13.0 Å². The molecule has 0 aliphatic heterocycles. The molecule has 1 aromatic heterocycles. The Kier molecular flexibility index (Phi) is 5.67. The standard InChI is InChI=1S/C21H20BrFN2O/c1-3-8-18-24-14(2)19(22)21(26)25(18)13-16-11-7-12-17(20(16)23)15-9-5-4-6-10-15/h4-7,9-12H,3,8,13H2,1-2H3. The molecule has 0 saturated heterocycles. The maximum atomic E-state index is 15.1. The molecule has 134 valence electrons. The van der Waals surface area contributed by atoms with Crippen molar-refractivity contribution in [1.29, 1.82) is 0 Å². The fourth-order valence-corrected chi connectivity index (χ4v) is 3.29. The van der Waals surface area contributed by atoms with E-state index in [4.69, 9.17) is 0 Å². The molecule has 1 heterocycles. The van der Waals surface area contributed by atoms with Crippen LogP contribution in [0, 0.1) is 12.7 Å². The van der Waals surface area contributed by atoms with Crippen molar-refractivity contribution in [2.75, 3.05) is 0 Å². The molecule has 0 amide bonds. The van der Waals surface area contributed by atoms with Crippen molar-refractivity contribution in [1.82, 2.24) is 9.55 Å². The van der Waals surface area contributed by atoms with Crippen molar-refractivity contribution < 1.29 is 4.39 Å². The van der Waals surface area contributed by atoms with Crippen molar-refractivity contribution in [2.24, 2.45) is 0 Å². The Hall–Kier alpha value is -2.27. The predicted octanol–water partition coefficient (Wildman–Crippen LogP) is 5.12. The molecule has 26 heavy (non-hydrogen) atoms. The van der Waals surface area contributed by atoms with Crippen LogP contribution in [0.15, 0.2) is 57.8 Å². The summed E-state index contributed by atoms with van der Waals surface area (Å²) < 4.78 is 17.1. The second-order valence-corrected chi connectivity index (χ2v) is 7.01. The molecule has 0 radical (unpaired) electrons. The van der Waals surface area contributed by atoms with Gasteiger partial charge >= 0.3 is 0 Å². The zero-order valence-electron chi connectivity index (χ0n) is 14.8. The van der Waals surface area contributed by atoms with Gasteiger partial charge in [-0.1, -0.05) is 55.5 Å². The summed E-state index contributed by atoms with van der Waals surface area (Å²) in [5, 5.41) is 0. The minimum atomic E-state index is -0.301. The summed E-state index contributed by atoms with van der Waals surface area (Å²) >= 11 is 3.31. The Bertz CT molecular complexity index is 983. The molecule has 3 aromatic rings. The molecule has 2 aromatic carbocycles. The van der Waals surface area contributed by atoms with Crippen LogP contribution in [0.5, 0.6) is 0 Å². The molecule has 0 aliphatic carbocycles. The molecule has 0 N–H and O–H groups in total. The Morgan fingerprint density at radius 1 is 1.12 bits per heavy atom. The lowest BCUT2D eigenvalue weighted by Gasteiger charge is -2.15. The number of benzene rings is 2. The van der Waals surface area contributed by atoms with E-state index in [1.165, 1.54) is 0 Å². The molecule has 0 aliphatic rings. The molecule has 0 saturated carbocycles. The first kappa shape index (κ1) is 18.5. The molecule has 0 atom stereocenters. The molecular formula is C21H20BrFN2O. The number of aryl methyl sites for hydroxylation is 2. The summed E-state index contributed by atoms with van der Waals surface area (Å²) in [6.07, 6.45) is 1.53. The second kappa shape index (κ2) is 7.96. The number of hydrogen-bond acceptors (Lipinski definition) is 2. The highest BCUT2D eigenvalue weighted by atomic mass is 79.9. The quantitative estimate of drug-likeness (QED) is 0.580. The highest BCUT2D eigenvalue weighted by Gasteiger charge is 2.15. The largest absolute Gasteiger partial charge is 0.291 e. The van der Waals surface area contributed by atoms with Crippen molar-refractivity contribution in [3.63, 3.8) is 0 Å². The van der Waals surface area contributed by atoms with Gasteiger partial charge in [0.25, 0.3) is 5.56 Å². The Balaban J connectivity index is 2.08. The molecule has 0 spiro atoms. The highest BCUT2D eigenvalue weighted by molar-refractivity contribution is 9.10. The van der Waals surface area contributed by atoms with E-state index >= 15 is 4.39 Å². The SMILES string of the molecule is CCCc1nc(C)c(Br)c(=O)n1Cc1cccc(-c2ccccc2)c1F. The van der Waals surface area contributed by atoms with Crippen molar-refractivity contribution in [3.8, 4) is 11.1 Å². The van der Waals surface area contributed by atoms with Crippen LogP contribution in [0.2, 0.25) is 0 Å². The minimum Gasteiger partial charge on any atom is -0.291 e. The molecule has 3 nitrogen and oxygen atoms in total. The first-order chi connectivity index (χ1) is 12.5. The van der Waals surface area contributed by atoms with Crippen molar-refractivity contribution >= 4 is 15.9 Å². The summed E-state index contributed by atoms with van der Waals surface area (Å²) in [6, 6.07) is 14.7. The third-order valence-electron chi connectivity index (χ3n) is 4.32. The van der Waals surface area contributed by atoms with Crippen molar-refractivity contribution in [3.05, 3.63) is 86.3 Å². The van der Waals surface area contributed by atoms with Crippen LogP contribution in [0.4, 0.5) is 4.39 Å². The lowest BCUT2D eigenvalue weighted by molar-refractivity contribution is 0.582. The summed E-state index contributed by atoms with van der Waals surface area (Å²) in [7, 11) is 0. The average Bonchev–Trinajstić information content (AvgIpc) is 2.65. The van der Waals surface area contributed by atoms with Crippen LogP contribution in [0.1, 0.15) is 30.4 Å². The molecule has 0 unspecified atom stereocenters. The number of halogens is 2. The summed E-state index contributed by atoms with van der Waals surface area (Å²) in [4.78, 5) is 17.2. The highest BCUT2D eigenvalue weighted by Crippen LogP contribution is 2.25.